The normalized spacial score (nSPS) is 22.3. The minimum atomic E-state index is -0.287. The summed E-state index contributed by atoms with van der Waals surface area (Å²) in [5, 5.41) is 0. The molecule has 22 heavy (non-hydrogen) atoms. The van der Waals surface area contributed by atoms with Crippen LogP contribution in [0.15, 0.2) is 15.9 Å². The number of hydrogen-bond donors (Lipinski definition) is 0. The van der Waals surface area contributed by atoms with E-state index in [1.807, 2.05) is 0 Å². The van der Waals surface area contributed by atoms with Crippen molar-refractivity contribution in [1.29, 1.82) is 0 Å². The lowest BCUT2D eigenvalue weighted by atomic mass is 9.87. The summed E-state index contributed by atoms with van der Waals surface area (Å²) in [5.41, 5.74) is 0.390. The Morgan fingerprint density at radius 1 is 1.23 bits per heavy atom. The van der Waals surface area contributed by atoms with Crippen molar-refractivity contribution < 1.29 is 4.74 Å². The summed E-state index contributed by atoms with van der Waals surface area (Å²) >= 11 is 0. The minimum absolute atomic E-state index is 0.244. The summed E-state index contributed by atoms with van der Waals surface area (Å²) in [7, 11) is 5.17. The Morgan fingerprint density at radius 3 is 2.55 bits per heavy atom. The van der Waals surface area contributed by atoms with Crippen molar-refractivity contribution in [3.63, 3.8) is 0 Å². The van der Waals surface area contributed by atoms with Crippen LogP contribution in [0.3, 0.4) is 0 Å². The molecule has 7 nitrogen and oxygen atoms in total. The van der Waals surface area contributed by atoms with Gasteiger partial charge in [-0.05, 0) is 31.6 Å². The average molecular weight is 306 g/mol. The predicted octanol–water partition coefficient (Wildman–Crippen LogP) is 0.639. The summed E-state index contributed by atoms with van der Waals surface area (Å²) in [5.74, 6) is 0.350. The molecular weight excluding hydrogens is 284 g/mol. The highest BCUT2D eigenvalue weighted by Gasteiger charge is 2.23. The summed E-state index contributed by atoms with van der Waals surface area (Å²) in [6.45, 7) is 0.475. The number of aromatic nitrogens is 4. The second-order valence-corrected chi connectivity index (χ2v) is 6.16. The molecule has 1 saturated carbocycles. The van der Waals surface area contributed by atoms with E-state index in [1.54, 1.807) is 32.1 Å². The van der Waals surface area contributed by atoms with Gasteiger partial charge in [-0.15, -0.1) is 0 Å². The highest BCUT2D eigenvalue weighted by molar-refractivity contribution is 5.69. The summed E-state index contributed by atoms with van der Waals surface area (Å²) in [6, 6.07) is 0. The van der Waals surface area contributed by atoms with Crippen molar-refractivity contribution in [2.75, 3.05) is 7.11 Å². The number of ether oxygens (including phenoxy) is 1. The molecule has 1 fully saturated rings. The van der Waals surface area contributed by atoms with Gasteiger partial charge in [-0.3, -0.25) is 13.9 Å². The smallest absolute Gasteiger partial charge is 0.332 e. The average Bonchev–Trinajstić information content (AvgIpc) is 2.92. The maximum Gasteiger partial charge on any atom is 0.332 e. The summed E-state index contributed by atoms with van der Waals surface area (Å²) in [6.07, 6.45) is 5.83. The van der Waals surface area contributed by atoms with Gasteiger partial charge in [0.25, 0.3) is 5.56 Å². The van der Waals surface area contributed by atoms with E-state index >= 15 is 0 Å². The van der Waals surface area contributed by atoms with Crippen LogP contribution in [0.25, 0.3) is 11.2 Å². The Morgan fingerprint density at radius 2 is 1.91 bits per heavy atom. The van der Waals surface area contributed by atoms with Crippen LogP contribution < -0.4 is 11.2 Å². The topological polar surface area (TPSA) is 71.1 Å². The van der Waals surface area contributed by atoms with E-state index in [0.29, 0.717) is 29.7 Å². The molecule has 0 saturated heterocycles. The molecule has 0 N–H and O–H groups in total. The zero-order valence-electron chi connectivity index (χ0n) is 13.3. The van der Waals surface area contributed by atoms with Gasteiger partial charge in [-0.2, -0.15) is 0 Å². The quantitative estimate of drug-likeness (QED) is 0.834. The van der Waals surface area contributed by atoms with Crippen LogP contribution in [0, 0.1) is 5.92 Å². The second-order valence-electron chi connectivity index (χ2n) is 6.16. The fourth-order valence-corrected chi connectivity index (χ4v) is 3.37. The SMILES string of the molecule is COC1CCC(Cn2c(=O)c3c(ncn3C)n(C)c2=O)CC1. The number of fused-ring (bicyclic) bond motifs is 1. The van der Waals surface area contributed by atoms with E-state index in [0.717, 1.165) is 25.7 Å². The molecule has 2 aromatic heterocycles. The van der Waals surface area contributed by atoms with Gasteiger partial charge in [0.2, 0.25) is 0 Å². The molecule has 3 rings (SSSR count). The van der Waals surface area contributed by atoms with Crippen LogP contribution in [-0.2, 0) is 25.4 Å². The van der Waals surface area contributed by atoms with E-state index in [9.17, 15) is 9.59 Å². The molecular formula is C15H22N4O3. The molecule has 0 unspecified atom stereocenters. The maximum absolute atomic E-state index is 12.6. The van der Waals surface area contributed by atoms with E-state index in [4.69, 9.17) is 4.74 Å². The van der Waals surface area contributed by atoms with Gasteiger partial charge in [0.05, 0.1) is 12.4 Å². The fraction of sp³-hybridized carbons (Fsp3) is 0.667. The third kappa shape index (κ3) is 2.39. The highest BCUT2D eigenvalue weighted by Crippen LogP contribution is 2.26. The molecule has 0 spiro atoms. The third-order valence-electron chi connectivity index (χ3n) is 4.77. The third-order valence-corrected chi connectivity index (χ3v) is 4.77. The highest BCUT2D eigenvalue weighted by atomic mass is 16.5. The summed E-state index contributed by atoms with van der Waals surface area (Å²) in [4.78, 5) is 29.2. The zero-order chi connectivity index (χ0) is 15.9. The Labute approximate surface area is 128 Å². The van der Waals surface area contributed by atoms with Gasteiger partial charge in [-0.1, -0.05) is 0 Å². The molecule has 7 heteroatoms. The van der Waals surface area contributed by atoms with Crippen molar-refractivity contribution in [2.45, 2.75) is 38.3 Å². The van der Waals surface area contributed by atoms with Gasteiger partial charge in [0.1, 0.15) is 0 Å². The number of rotatable bonds is 3. The van der Waals surface area contributed by atoms with Crippen LogP contribution >= 0.6 is 0 Å². The van der Waals surface area contributed by atoms with Crippen molar-refractivity contribution in [3.05, 3.63) is 27.2 Å². The molecule has 1 aliphatic rings. The maximum atomic E-state index is 12.6. The largest absolute Gasteiger partial charge is 0.381 e. The fourth-order valence-electron chi connectivity index (χ4n) is 3.37. The number of hydrogen-bond acceptors (Lipinski definition) is 4. The lowest BCUT2D eigenvalue weighted by Gasteiger charge is -2.27. The molecule has 2 aromatic rings. The van der Waals surface area contributed by atoms with Crippen LogP contribution in [0.4, 0.5) is 0 Å². The summed E-state index contributed by atoms with van der Waals surface area (Å²) < 4.78 is 9.87. The first-order chi connectivity index (χ1) is 10.5. The Bertz CT molecular complexity index is 793. The molecule has 0 bridgehead atoms. The lowest BCUT2D eigenvalue weighted by molar-refractivity contribution is 0.0538. The van der Waals surface area contributed by atoms with Crippen molar-refractivity contribution >= 4 is 11.2 Å². The molecule has 2 heterocycles. The minimum Gasteiger partial charge on any atom is -0.381 e. The van der Waals surface area contributed by atoms with Gasteiger partial charge in [0, 0.05) is 27.7 Å². The van der Waals surface area contributed by atoms with Crippen LogP contribution in [0.1, 0.15) is 25.7 Å². The van der Waals surface area contributed by atoms with Crippen molar-refractivity contribution in [1.82, 2.24) is 18.7 Å². The Kier molecular flexibility index (Phi) is 3.90. The van der Waals surface area contributed by atoms with Crippen LogP contribution in [-0.4, -0.2) is 31.9 Å². The van der Waals surface area contributed by atoms with E-state index < -0.39 is 0 Å². The van der Waals surface area contributed by atoms with Gasteiger partial charge in [-0.25, -0.2) is 9.78 Å². The monoisotopic (exact) mass is 306 g/mol. The van der Waals surface area contributed by atoms with Crippen LogP contribution in [0.2, 0.25) is 0 Å². The second kappa shape index (κ2) is 5.72. The predicted molar refractivity (Wildman–Crippen MR) is 83.0 cm³/mol. The first-order valence-electron chi connectivity index (χ1n) is 7.66. The first-order valence-corrected chi connectivity index (χ1v) is 7.66. The number of aryl methyl sites for hydroxylation is 2. The van der Waals surface area contributed by atoms with Gasteiger partial charge in [0.15, 0.2) is 11.2 Å². The lowest BCUT2D eigenvalue weighted by Crippen LogP contribution is -2.41. The molecule has 1 aliphatic carbocycles. The molecule has 0 atom stereocenters. The number of imidazole rings is 1. The number of methoxy groups -OCH3 is 1. The molecule has 120 valence electrons. The molecule has 0 aromatic carbocycles. The van der Waals surface area contributed by atoms with Gasteiger partial charge >= 0.3 is 5.69 Å². The van der Waals surface area contributed by atoms with Crippen LogP contribution in [0.5, 0.6) is 0 Å². The van der Waals surface area contributed by atoms with E-state index in [-0.39, 0.29) is 11.2 Å². The van der Waals surface area contributed by atoms with E-state index in [2.05, 4.69) is 4.98 Å². The zero-order valence-corrected chi connectivity index (χ0v) is 13.3. The standard InChI is InChI=1S/C15H22N4O3/c1-17-9-16-13-12(17)14(20)19(15(21)18(13)2)8-10-4-6-11(22-3)7-5-10/h9-11H,4-8H2,1-3H3. The molecule has 0 aliphatic heterocycles. The van der Waals surface area contributed by atoms with Gasteiger partial charge < -0.3 is 9.30 Å². The van der Waals surface area contributed by atoms with Crippen molar-refractivity contribution in [3.8, 4) is 0 Å². The van der Waals surface area contributed by atoms with E-state index in [1.165, 1.54) is 9.13 Å². The Balaban J connectivity index is 1.96. The van der Waals surface area contributed by atoms with Crippen molar-refractivity contribution in [2.24, 2.45) is 20.0 Å². The Hall–Kier alpha value is -1.89. The molecule has 0 amide bonds. The molecule has 0 radical (unpaired) electrons. The number of nitrogens with zero attached hydrogens (tertiary/aromatic N) is 4. The first kappa shape index (κ1) is 15.0.